The van der Waals surface area contributed by atoms with Crippen molar-refractivity contribution >= 4 is 11.6 Å². The fraction of sp³-hybridized carbons (Fsp3) is 0.455. The topological polar surface area (TPSA) is 32.3 Å². The first-order valence-corrected chi connectivity index (χ1v) is 5.30. The first-order valence-electron chi connectivity index (χ1n) is 4.92. The van der Waals surface area contributed by atoms with Crippen molar-refractivity contribution in [2.75, 3.05) is 6.61 Å². The van der Waals surface area contributed by atoms with E-state index in [0.717, 1.165) is 23.4 Å². The van der Waals surface area contributed by atoms with Crippen LogP contribution in [0.1, 0.15) is 24.4 Å². The molecule has 0 saturated carbocycles. The molecule has 1 fully saturated rings. The standard InChI is InChI=1S/C11H14ClNO/c12-10-4-2-1-3-9(10)11-6-5-8(7-14)13-11/h1-4,8,11,13-14H,5-7H2. The van der Waals surface area contributed by atoms with Gasteiger partial charge in [0.25, 0.3) is 0 Å². The molecule has 0 aliphatic carbocycles. The van der Waals surface area contributed by atoms with E-state index in [1.807, 2.05) is 24.3 Å². The van der Waals surface area contributed by atoms with Gasteiger partial charge in [-0.25, -0.2) is 0 Å². The molecule has 2 N–H and O–H groups in total. The number of aliphatic hydroxyl groups excluding tert-OH is 1. The van der Waals surface area contributed by atoms with Gasteiger partial charge in [0.2, 0.25) is 0 Å². The summed E-state index contributed by atoms with van der Waals surface area (Å²) in [6, 6.07) is 8.42. The highest BCUT2D eigenvalue weighted by molar-refractivity contribution is 6.31. The molecular weight excluding hydrogens is 198 g/mol. The first-order chi connectivity index (χ1) is 6.81. The molecule has 1 heterocycles. The molecule has 0 radical (unpaired) electrons. The van der Waals surface area contributed by atoms with E-state index in [4.69, 9.17) is 16.7 Å². The Morgan fingerprint density at radius 2 is 2.14 bits per heavy atom. The predicted octanol–water partition coefficient (Wildman–Crippen LogP) is 2.13. The Bertz CT molecular complexity index is 316. The molecule has 1 aromatic rings. The van der Waals surface area contributed by atoms with Crippen LogP contribution in [0.25, 0.3) is 0 Å². The highest BCUT2D eigenvalue weighted by Crippen LogP contribution is 2.30. The maximum absolute atomic E-state index is 9.00. The highest BCUT2D eigenvalue weighted by atomic mass is 35.5. The van der Waals surface area contributed by atoms with E-state index in [9.17, 15) is 0 Å². The van der Waals surface area contributed by atoms with Gasteiger partial charge in [-0.1, -0.05) is 29.8 Å². The zero-order valence-corrected chi connectivity index (χ0v) is 8.67. The second-order valence-corrected chi connectivity index (χ2v) is 4.10. The summed E-state index contributed by atoms with van der Waals surface area (Å²) in [5.74, 6) is 0. The summed E-state index contributed by atoms with van der Waals surface area (Å²) in [7, 11) is 0. The van der Waals surface area contributed by atoms with Gasteiger partial charge < -0.3 is 10.4 Å². The van der Waals surface area contributed by atoms with E-state index in [0.29, 0.717) is 6.04 Å². The van der Waals surface area contributed by atoms with Crippen LogP contribution in [0.4, 0.5) is 0 Å². The molecule has 1 saturated heterocycles. The summed E-state index contributed by atoms with van der Waals surface area (Å²) in [6.45, 7) is 0.209. The summed E-state index contributed by atoms with van der Waals surface area (Å²) in [5.41, 5.74) is 1.14. The van der Waals surface area contributed by atoms with E-state index < -0.39 is 0 Å². The quantitative estimate of drug-likeness (QED) is 0.786. The predicted molar refractivity (Wildman–Crippen MR) is 57.4 cm³/mol. The lowest BCUT2D eigenvalue weighted by Crippen LogP contribution is -2.27. The third-order valence-corrected chi connectivity index (χ3v) is 3.09. The zero-order chi connectivity index (χ0) is 9.97. The van der Waals surface area contributed by atoms with Crippen LogP contribution >= 0.6 is 11.6 Å². The van der Waals surface area contributed by atoms with Crippen molar-refractivity contribution in [2.24, 2.45) is 0 Å². The van der Waals surface area contributed by atoms with Crippen molar-refractivity contribution in [2.45, 2.75) is 24.9 Å². The van der Waals surface area contributed by atoms with Gasteiger partial charge in [0, 0.05) is 17.1 Å². The maximum Gasteiger partial charge on any atom is 0.0584 e. The second-order valence-electron chi connectivity index (χ2n) is 3.70. The molecule has 2 nitrogen and oxygen atoms in total. The van der Waals surface area contributed by atoms with Crippen LogP contribution in [-0.4, -0.2) is 17.8 Å². The Kier molecular flexibility index (Phi) is 3.06. The van der Waals surface area contributed by atoms with Gasteiger partial charge in [-0.3, -0.25) is 0 Å². The Labute approximate surface area is 88.9 Å². The van der Waals surface area contributed by atoms with Crippen molar-refractivity contribution in [3.05, 3.63) is 34.9 Å². The van der Waals surface area contributed by atoms with Gasteiger partial charge in [0.15, 0.2) is 0 Å². The third kappa shape index (κ3) is 1.92. The number of nitrogens with one attached hydrogen (secondary N) is 1. The number of hydrogen-bond acceptors (Lipinski definition) is 2. The Morgan fingerprint density at radius 3 is 2.79 bits per heavy atom. The molecule has 0 aromatic heterocycles. The molecule has 2 unspecified atom stereocenters. The van der Waals surface area contributed by atoms with Gasteiger partial charge in [-0.05, 0) is 24.5 Å². The molecular formula is C11H14ClNO. The van der Waals surface area contributed by atoms with E-state index in [1.54, 1.807) is 0 Å². The van der Waals surface area contributed by atoms with E-state index >= 15 is 0 Å². The van der Waals surface area contributed by atoms with Crippen LogP contribution in [0.15, 0.2) is 24.3 Å². The number of aliphatic hydroxyl groups is 1. The fourth-order valence-corrected chi connectivity index (χ4v) is 2.23. The Morgan fingerprint density at radius 1 is 1.36 bits per heavy atom. The van der Waals surface area contributed by atoms with Gasteiger partial charge in [0.1, 0.15) is 0 Å². The average molecular weight is 212 g/mol. The molecule has 1 aliphatic rings. The van der Waals surface area contributed by atoms with Gasteiger partial charge in [-0.2, -0.15) is 0 Å². The van der Waals surface area contributed by atoms with Gasteiger partial charge in [0.05, 0.1) is 6.61 Å². The third-order valence-electron chi connectivity index (χ3n) is 2.74. The minimum absolute atomic E-state index is 0.209. The summed E-state index contributed by atoms with van der Waals surface area (Å²) in [6.07, 6.45) is 2.07. The largest absolute Gasteiger partial charge is 0.395 e. The summed E-state index contributed by atoms with van der Waals surface area (Å²) in [4.78, 5) is 0. The minimum Gasteiger partial charge on any atom is -0.395 e. The SMILES string of the molecule is OCC1CCC(c2ccccc2Cl)N1. The molecule has 2 rings (SSSR count). The number of rotatable bonds is 2. The van der Waals surface area contributed by atoms with Crippen LogP contribution in [0, 0.1) is 0 Å². The average Bonchev–Trinajstić information content (AvgIpc) is 2.67. The fourth-order valence-electron chi connectivity index (χ4n) is 1.97. The molecule has 2 atom stereocenters. The van der Waals surface area contributed by atoms with Gasteiger partial charge >= 0.3 is 0 Å². The van der Waals surface area contributed by atoms with Crippen LogP contribution < -0.4 is 5.32 Å². The molecule has 76 valence electrons. The van der Waals surface area contributed by atoms with Crippen LogP contribution in [-0.2, 0) is 0 Å². The van der Waals surface area contributed by atoms with Crippen LogP contribution in [0.5, 0.6) is 0 Å². The lowest BCUT2D eigenvalue weighted by atomic mass is 10.1. The van der Waals surface area contributed by atoms with Gasteiger partial charge in [-0.15, -0.1) is 0 Å². The van der Waals surface area contributed by atoms with Crippen LogP contribution in [0.2, 0.25) is 5.02 Å². The minimum atomic E-state index is 0.209. The molecule has 3 heteroatoms. The molecule has 1 aliphatic heterocycles. The second kappa shape index (κ2) is 4.30. The van der Waals surface area contributed by atoms with Crippen LogP contribution in [0.3, 0.4) is 0 Å². The maximum atomic E-state index is 9.00. The molecule has 14 heavy (non-hydrogen) atoms. The molecule has 1 aromatic carbocycles. The smallest absolute Gasteiger partial charge is 0.0584 e. The van der Waals surface area contributed by atoms with Crippen molar-refractivity contribution in [1.82, 2.24) is 5.32 Å². The summed E-state index contributed by atoms with van der Waals surface area (Å²) < 4.78 is 0. The number of halogens is 1. The zero-order valence-electron chi connectivity index (χ0n) is 7.91. The lowest BCUT2D eigenvalue weighted by molar-refractivity contribution is 0.251. The molecule has 0 amide bonds. The molecule has 0 bridgehead atoms. The van der Waals surface area contributed by atoms with E-state index in [2.05, 4.69) is 5.32 Å². The monoisotopic (exact) mass is 211 g/mol. The summed E-state index contributed by atoms with van der Waals surface area (Å²) in [5, 5.41) is 13.2. The Hall–Kier alpha value is -0.570. The van der Waals surface area contributed by atoms with Crippen molar-refractivity contribution < 1.29 is 5.11 Å². The first kappa shape index (κ1) is 9.97. The normalized spacial score (nSPS) is 26.7. The Balaban J connectivity index is 2.13. The summed E-state index contributed by atoms with van der Waals surface area (Å²) >= 11 is 6.09. The van der Waals surface area contributed by atoms with Crippen molar-refractivity contribution in [3.8, 4) is 0 Å². The molecule has 0 spiro atoms. The van der Waals surface area contributed by atoms with E-state index in [1.165, 1.54) is 0 Å². The van der Waals surface area contributed by atoms with Crippen molar-refractivity contribution in [3.63, 3.8) is 0 Å². The van der Waals surface area contributed by atoms with Crippen molar-refractivity contribution in [1.29, 1.82) is 0 Å². The number of benzene rings is 1. The number of hydrogen-bond donors (Lipinski definition) is 2. The highest BCUT2D eigenvalue weighted by Gasteiger charge is 2.25. The lowest BCUT2D eigenvalue weighted by Gasteiger charge is -2.14. The van der Waals surface area contributed by atoms with E-state index in [-0.39, 0.29) is 12.6 Å².